The normalized spacial score (nSPS) is 11.1. The van der Waals surface area contributed by atoms with Crippen molar-refractivity contribution in [3.8, 4) is 17.1 Å². The molecule has 5 nitrogen and oxygen atoms in total. The molecule has 0 saturated heterocycles. The third-order valence-electron chi connectivity index (χ3n) is 5.69. The fourth-order valence-electron chi connectivity index (χ4n) is 3.63. The van der Waals surface area contributed by atoms with Gasteiger partial charge in [-0.05, 0) is 75.6 Å². The molecule has 4 aromatic rings. The van der Waals surface area contributed by atoms with Gasteiger partial charge in [0.2, 0.25) is 11.2 Å². The number of aryl methyl sites for hydroxylation is 3. The monoisotopic (exact) mass is 456 g/mol. The summed E-state index contributed by atoms with van der Waals surface area (Å²) in [5.74, 6) is 0.200. The first kappa shape index (κ1) is 23.3. The highest BCUT2D eigenvalue weighted by molar-refractivity contribution is 5.89. The van der Waals surface area contributed by atoms with Gasteiger partial charge in [-0.25, -0.2) is 4.79 Å². The molecule has 174 valence electrons. The van der Waals surface area contributed by atoms with Crippen LogP contribution in [0, 0.1) is 20.8 Å². The Morgan fingerprint density at radius 2 is 1.56 bits per heavy atom. The molecule has 0 bridgehead atoms. The summed E-state index contributed by atoms with van der Waals surface area (Å²) in [4.78, 5) is 25.6. The second kappa shape index (κ2) is 9.56. The van der Waals surface area contributed by atoms with Crippen molar-refractivity contribution in [2.45, 2.75) is 47.3 Å². The summed E-state index contributed by atoms with van der Waals surface area (Å²) in [6, 6.07) is 18.5. The summed E-state index contributed by atoms with van der Waals surface area (Å²) in [5.41, 5.74) is 5.54. The van der Waals surface area contributed by atoms with Gasteiger partial charge >= 0.3 is 5.97 Å². The highest BCUT2D eigenvalue weighted by atomic mass is 16.5. The molecular formula is C29H28O5. The molecule has 0 atom stereocenters. The van der Waals surface area contributed by atoms with Gasteiger partial charge in [0.05, 0.1) is 17.1 Å². The van der Waals surface area contributed by atoms with Gasteiger partial charge in [0.15, 0.2) is 5.76 Å². The van der Waals surface area contributed by atoms with Crippen molar-refractivity contribution >= 4 is 16.9 Å². The first-order valence-electron chi connectivity index (χ1n) is 11.3. The van der Waals surface area contributed by atoms with E-state index in [2.05, 4.69) is 0 Å². The lowest BCUT2D eigenvalue weighted by Gasteiger charge is -2.13. The third kappa shape index (κ3) is 4.88. The Balaban J connectivity index is 1.71. The van der Waals surface area contributed by atoms with E-state index < -0.39 is 0 Å². The molecule has 0 spiro atoms. The van der Waals surface area contributed by atoms with Crippen molar-refractivity contribution in [2.24, 2.45) is 0 Å². The minimum absolute atomic E-state index is 0.152. The molecule has 3 aromatic carbocycles. The number of fused-ring (bicyclic) bond motifs is 1. The molecule has 0 radical (unpaired) electrons. The fraction of sp³-hybridized carbons (Fsp3) is 0.241. The molecule has 0 aliphatic rings. The van der Waals surface area contributed by atoms with Crippen molar-refractivity contribution in [3.63, 3.8) is 0 Å². The average molecular weight is 457 g/mol. The van der Waals surface area contributed by atoms with E-state index in [0.717, 1.165) is 27.8 Å². The molecular weight excluding hydrogens is 428 g/mol. The van der Waals surface area contributed by atoms with Crippen molar-refractivity contribution in [2.75, 3.05) is 0 Å². The lowest BCUT2D eigenvalue weighted by atomic mass is 10.0. The number of rotatable bonds is 6. The molecule has 0 aliphatic carbocycles. The number of hydrogen-bond donors (Lipinski definition) is 0. The zero-order valence-corrected chi connectivity index (χ0v) is 20.1. The van der Waals surface area contributed by atoms with E-state index in [0.29, 0.717) is 22.3 Å². The molecule has 0 saturated carbocycles. The Morgan fingerprint density at radius 3 is 2.21 bits per heavy atom. The zero-order valence-electron chi connectivity index (χ0n) is 20.1. The van der Waals surface area contributed by atoms with Gasteiger partial charge in [0.25, 0.3) is 0 Å². The van der Waals surface area contributed by atoms with Crippen molar-refractivity contribution in [3.05, 3.63) is 98.7 Å². The Hall–Kier alpha value is -3.86. The average Bonchev–Trinajstić information content (AvgIpc) is 2.80. The van der Waals surface area contributed by atoms with Crippen LogP contribution in [0.1, 0.15) is 46.5 Å². The molecule has 0 fully saturated rings. The van der Waals surface area contributed by atoms with Gasteiger partial charge in [-0.2, -0.15) is 0 Å². The van der Waals surface area contributed by atoms with E-state index in [1.165, 1.54) is 0 Å². The lowest BCUT2D eigenvalue weighted by Crippen LogP contribution is -2.12. The van der Waals surface area contributed by atoms with E-state index in [1.807, 2.05) is 71.0 Å². The van der Waals surface area contributed by atoms with E-state index in [-0.39, 0.29) is 29.9 Å². The molecule has 0 aliphatic heterocycles. The molecule has 5 heteroatoms. The largest absolute Gasteiger partial charge is 0.481 e. The summed E-state index contributed by atoms with van der Waals surface area (Å²) in [6.45, 7) is 9.73. The first-order chi connectivity index (χ1) is 16.2. The molecule has 0 unspecified atom stereocenters. The minimum Gasteiger partial charge on any atom is -0.481 e. The van der Waals surface area contributed by atoms with Crippen LogP contribution in [0.25, 0.3) is 22.3 Å². The van der Waals surface area contributed by atoms with Crippen molar-refractivity contribution < 1.29 is 18.7 Å². The van der Waals surface area contributed by atoms with E-state index >= 15 is 0 Å². The standard InChI is InChI=1S/C29H28O5/c1-17(2)33-29(31)23-12-8-21(9-13-23)16-32-28-26(30)24-14-19(4)20(5)15-25(24)34-27(28)22-10-6-18(3)7-11-22/h6-15,17H,16H2,1-5H3. The number of carbonyl (C=O) groups excluding carboxylic acids is 1. The van der Waals surface area contributed by atoms with Crippen LogP contribution in [0.15, 0.2) is 69.9 Å². The number of ether oxygens (including phenoxy) is 2. The predicted octanol–water partition coefficient (Wildman–Crippen LogP) is 6.53. The lowest BCUT2D eigenvalue weighted by molar-refractivity contribution is 0.0378. The Labute approximate surface area is 199 Å². The first-order valence-corrected chi connectivity index (χ1v) is 11.3. The number of esters is 1. The number of carbonyl (C=O) groups is 1. The highest BCUT2D eigenvalue weighted by Crippen LogP contribution is 2.32. The van der Waals surface area contributed by atoms with Crippen LogP contribution in [0.3, 0.4) is 0 Å². The van der Waals surface area contributed by atoms with Crippen LogP contribution < -0.4 is 10.2 Å². The second-order valence-corrected chi connectivity index (χ2v) is 8.83. The third-order valence-corrected chi connectivity index (χ3v) is 5.69. The van der Waals surface area contributed by atoms with Crippen LogP contribution in [-0.2, 0) is 11.3 Å². The van der Waals surface area contributed by atoms with Gasteiger partial charge < -0.3 is 13.9 Å². The van der Waals surface area contributed by atoms with Crippen LogP contribution in [0.2, 0.25) is 0 Å². The summed E-state index contributed by atoms with van der Waals surface area (Å²) in [7, 11) is 0. The molecule has 0 amide bonds. The van der Waals surface area contributed by atoms with Gasteiger partial charge in [0.1, 0.15) is 12.2 Å². The van der Waals surface area contributed by atoms with Gasteiger partial charge in [-0.1, -0.05) is 42.0 Å². The fourth-order valence-corrected chi connectivity index (χ4v) is 3.63. The van der Waals surface area contributed by atoms with Crippen LogP contribution in [0.4, 0.5) is 0 Å². The summed E-state index contributed by atoms with van der Waals surface area (Å²) in [5, 5.41) is 0.487. The SMILES string of the molecule is Cc1ccc(-c2oc3cc(C)c(C)cc3c(=O)c2OCc2ccc(C(=O)OC(C)C)cc2)cc1. The minimum atomic E-state index is -0.370. The Morgan fingerprint density at radius 1 is 0.912 bits per heavy atom. The van der Waals surface area contributed by atoms with E-state index in [4.69, 9.17) is 13.9 Å². The summed E-state index contributed by atoms with van der Waals surface area (Å²) >= 11 is 0. The van der Waals surface area contributed by atoms with Gasteiger partial charge in [-0.15, -0.1) is 0 Å². The summed E-state index contributed by atoms with van der Waals surface area (Å²) in [6.07, 6.45) is -0.185. The molecule has 34 heavy (non-hydrogen) atoms. The maximum absolute atomic E-state index is 13.5. The quantitative estimate of drug-likeness (QED) is 0.309. The second-order valence-electron chi connectivity index (χ2n) is 8.83. The van der Waals surface area contributed by atoms with Crippen LogP contribution in [0.5, 0.6) is 5.75 Å². The maximum atomic E-state index is 13.5. The van der Waals surface area contributed by atoms with Gasteiger partial charge in [0, 0.05) is 5.56 Å². The molecule has 1 aromatic heterocycles. The van der Waals surface area contributed by atoms with Crippen LogP contribution >= 0.6 is 0 Å². The highest BCUT2D eigenvalue weighted by Gasteiger charge is 2.19. The van der Waals surface area contributed by atoms with Gasteiger partial charge in [-0.3, -0.25) is 4.79 Å². The van der Waals surface area contributed by atoms with E-state index in [1.54, 1.807) is 24.3 Å². The van der Waals surface area contributed by atoms with Crippen molar-refractivity contribution in [1.29, 1.82) is 0 Å². The van der Waals surface area contributed by atoms with Crippen LogP contribution in [-0.4, -0.2) is 12.1 Å². The topological polar surface area (TPSA) is 65.7 Å². The number of hydrogen-bond acceptors (Lipinski definition) is 5. The number of benzene rings is 3. The summed E-state index contributed by atoms with van der Waals surface area (Å²) < 4.78 is 17.5. The predicted molar refractivity (Wildman–Crippen MR) is 133 cm³/mol. The smallest absolute Gasteiger partial charge is 0.338 e. The molecule has 0 N–H and O–H groups in total. The maximum Gasteiger partial charge on any atom is 0.338 e. The molecule has 1 heterocycles. The van der Waals surface area contributed by atoms with E-state index in [9.17, 15) is 9.59 Å². The zero-order chi connectivity index (χ0) is 24.4. The van der Waals surface area contributed by atoms with Crippen molar-refractivity contribution in [1.82, 2.24) is 0 Å². The Bertz CT molecular complexity index is 1390. The Kier molecular flexibility index (Phi) is 6.55. The molecule has 4 rings (SSSR count).